The van der Waals surface area contributed by atoms with Crippen molar-refractivity contribution < 1.29 is 29.3 Å². The lowest BCUT2D eigenvalue weighted by Crippen LogP contribution is -2.53. The van der Waals surface area contributed by atoms with E-state index in [1.165, 1.54) is 22.4 Å². The van der Waals surface area contributed by atoms with Gasteiger partial charge in [0.2, 0.25) is 0 Å². The highest BCUT2D eigenvalue weighted by atomic mass is 35.5. The summed E-state index contributed by atoms with van der Waals surface area (Å²) in [7, 11) is 0. The van der Waals surface area contributed by atoms with Crippen molar-refractivity contribution in [2.75, 3.05) is 25.1 Å². The lowest BCUT2D eigenvalue weighted by Gasteiger charge is -2.47. The molecule has 0 bridgehead atoms. The molecule has 4 atom stereocenters. The van der Waals surface area contributed by atoms with Gasteiger partial charge in [-0.25, -0.2) is 4.79 Å². The third-order valence-corrected chi connectivity index (χ3v) is 13.1. The number of aromatic nitrogens is 1. The third kappa shape index (κ3) is 9.10. The zero-order valence-electron chi connectivity index (χ0n) is 33.1. The number of rotatable bonds is 17. The minimum atomic E-state index is -1.10. The summed E-state index contributed by atoms with van der Waals surface area (Å²) in [5.41, 5.74) is 5.19. The van der Waals surface area contributed by atoms with Gasteiger partial charge in [0.25, 0.3) is 0 Å². The Morgan fingerprint density at radius 1 is 0.965 bits per heavy atom. The second kappa shape index (κ2) is 17.9. The molecule has 10 heteroatoms. The Morgan fingerprint density at radius 2 is 1.77 bits per heavy atom. The van der Waals surface area contributed by atoms with Gasteiger partial charge in [0.15, 0.2) is 0 Å². The number of ether oxygens (including phenoxy) is 2. The van der Waals surface area contributed by atoms with E-state index in [0.717, 1.165) is 74.8 Å². The van der Waals surface area contributed by atoms with E-state index >= 15 is 0 Å². The average molecular weight is 794 g/mol. The van der Waals surface area contributed by atoms with Crippen LogP contribution in [0.5, 0.6) is 11.5 Å². The van der Waals surface area contributed by atoms with Crippen LogP contribution >= 0.6 is 11.6 Å². The molecular weight excluding hydrogens is 738 g/mol. The summed E-state index contributed by atoms with van der Waals surface area (Å²) in [6.07, 6.45) is 11.1. The molecular formula is C47H56ClN3O6. The first kappa shape index (κ1) is 40.6. The smallest absolute Gasteiger partial charge is 0.329 e. The van der Waals surface area contributed by atoms with E-state index in [1.807, 2.05) is 54.7 Å². The first-order chi connectivity index (χ1) is 27.6. The summed E-state index contributed by atoms with van der Waals surface area (Å²) in [6.45, 7) is 6.24. The number of fused-ring (bicyclic) bond motifs is 3. The number of halogens is 1. The molecule has 1 spiro atoms. The number of anilines is 1. The van der Waals surface area contributed by atoms with Crippen molar-refractivity contribution in [1.82, 2.24) is 10.3 Å². The third-order valence-electron chi connectivity index (χ3n) is 12.8. The van der Waals surface area contributed by atoms with Gasteiger partial charge in [0.1, 0.15) is 23.1 Å². The Hall–Kier alpha value is -4.60. The van der Waals surface area contributed by atoms with E-state index in [1.54, 1.807) is 12.1 Å². The molecule has 4 N–H and O–H groups in total. The second-order valence-corrected chi connectivity index (χ2v) is 17.1. The quantitative estimate of drug-likeness (QED) is 0.0772. The summed E-state index contributed by atoms with van der Waals surface area (Å²) in [6, 6.07) is 24.3. The van der Waals surface area contributed by atoms with Crippen LogP contribution < -0.4 is 20.1 Å². The summed E-state index contributed by atoms with van der Waals surface area (Å²) < 4.78 is 12.9. The maximum Gasteiger partial charge on any atom is 0.329 e. The number of carboxylic acid groups (broad SMARTS) is 2. The SMILES string of the molecule is C[C@@H](COc1ccnc2c1[C@H](C)CCC2)C[C@H]1Cc2ccc(OCCCCNC(C(=O)O)c3ccccc3)cc2C12CCC(Nc1cccc(Cl)c1)(C(=O)O)CC2. The molecule has 4 aromatic rings. The molecule has 3 aromatic carbocycles. The number of pyridine rings is 1. The molecule has 3 aliphatic rings. The van der Waals surface area contributed by atoms with Crippen LogP contribution in [0.3, 0.4) is 0 Å². The summed E-state index contributed by atoms with van der Waals surface area (Å²) in [5.74, 6) is 1.09. The van der Waals surface area contributed by atoms with Crippen LogP contribution in [0, 0.1) is 11.8 Å². The van der Waals surface area contributed by atoms with Crippen LogP contribution in [-0.4, -0.2) is 52.4 Å². The monoisotopic (exact) mass is 793 g/mol. The fraction of sp³-hybridized carbons (Fsp3) is 0.468. The number of hydrogen-bond acceptors (Lipinski definition) is 7. The van der Waals surface area contributed by atoms with Crippen LogP contribution in [0.1, 0.15) is 112 Å². The molecule has 1 saturated carbocycles. The average Bonchev–Trinajstić information content (AvgIpc) is 3.48. The molecule has 0 radical (unpaired) electrons. The molecule has 0 aliphatic heterocycles. The Bertz CT molecular complexity index is 2020. The maximum atomic E-state index is 13.0. The van der Waals surface area contributed by atoms with Crippen LogP contribution in [0.4, 0.5) is 5.69 Å². The van der Waals surface area contributed by atoms with Gasteiger partial charge < -0.3 is 30.3 Å². The highest BCUT2D eigenvalue weighted by molar-refractivity contribution is 6.30. The first-order valence-electron chi connectivity index (χ1n) is 20.7. The predicted octanol–water partition coefficient (Wildman–Crippen LogP) is 9.77. The van der Waals surface area contributed by atoms with Gasteiger partial charge in [0, 0.05) is 28.2 Å². The van der Waals surface area contributed by atoms with Gasteiger partial charge in [-0.05, 0) is 153 Å². The summed E-state index contributed by atoms with van der Waals surface area (Å²) in [4.78, 5) is 29.6. The second-order valence-electron chi connectivity index (χ2n) is 16.7. The first-order valence-corrected chi connectivity index (χ1v) is 21.1. The van der Waals surface area contributed by atoms with Gasteiger partial charge in [-0.1, -0.05) is 67.9 Å². The summed E-state index contributed by atoms with van der Waals surface area (Å²) in [5, 5.41) is 27.6. The van der Waals surface area contributed by atoms with Gasteiger partial charge in [-0.2, -0.15) is 0 Å². The summed E-state index contributed by atoms with van der Waals surface area (Å²) >= 11 is 6.30. The largest absolute Gasteiger partial charge is 0.494 e. The van der Waals surface area contributed by atoms with Crippen molar-refractivity contribution in [2.45, 2.75) is 107 Å². The van der Waals surface area contributed by atoms with Crippen molar-refractivity contribution in [1.29, 1.82) is 0 Å². The fourth-order valence-electron chi connectivity index (χ4n) is 9.82. The molecule has 1 heterocycles. The normalized spacial score (nSPS) is 23.6. The van der Waals surface area contributed by atoms with E-state index in [0.29, 0.717) is 55.1 Å². The molecule has 302 valence electrons. The topological polar surface area (TPSA) is 130 Å². The van der Waals surface area contributed by atoms with Crippen molar-refractivity contribution in [3.8, 4) is 11.5 Å². The number of unbranched alkanes of at least 4 members (excludes halogenated alkanes) is 1. The lowest BCUT2D eigenvalue weighted by atomic mass is 9.59. The molecule has 57 heavy (non-hydrogen) atoms. The highest BCUT2D eigenvalue weighted by Crippen LogP contribution is 2.57. The number of carboxylic acids is 2. The number of nitrogens with zero attached hydrogens (tertiary/aromatic N) is 1. The van der Waals surface area contributed by atoms with Crippen LogP contribution in [0.2, 0.25) is 5.02 Å². The minimum absolute atomic E-state index is 0.199. The van der Waals surface area contributed by atoms with Gasteiger partial charge >= 0.3 is 11.9 Å². The highest BCUT2D eigenvalue weighted by Gasteiger charge is 2.54. The zero-order valence-corrected chi connectivity index (χ0v) is 33.9. The molecule has 1 fully saturated rings. The lowest BCUT2D eigenvalue weighted by molar-refractivity contribution is -0.144. The number of nitrogens with one attached hydrogen (secondary N) is 2. The molecule has 1 aromatic heterocycles. The molecule has 7 rings (SSSR count). The Balaban J connectivity index is 1.04. The number of aliphatic carboxylic acids is 2. The van der Waals surface area contributed by atoms with Gasteiger partial charge in [-0.15, -0.1) is 0 Å². The van der Waals surface area contributed by atoms with E-state index in [9.17, 15) is 19.8 Å². The van der Waals surface area contributed by atoms with Crippen LogP contribution in [-0.2, 0) is 27.8 Å². The van der Waals surface area contributed by atoms with Gasteiger partial charge in [-0.3, -0.25) is 9.78 Å². The number of benzene rings is 3. The number of carbonyl (C=O) groups is 2. The van der Waals surface area contributed by atoms with E-state index in [-0.39, 0.29) is 11.3 Å². The molecule has 0 saturated heterocycles. The predicted molar refractivity (Wildman–Crippen MR) is 224 cm³/mol. The standard InChI is InChI=1S/C47H56ClN3O6/c1-31(30-57-41-18-24-49-40-15-8-10-32(2)42(40)41)26-35-27-34-16-17-38(56-25-7-6-23-50-43(44(52)53)33-11-4-3-5-12-33)29-39(34)46(35)19-21-47(22-20-46,45(54)55)51-37-14-9-13-36(48)28-37/h3-5,9,11-14,16-18,24,28-29,31-32,35,43,50-51H,6-8,10,15,19-23,25-27,30H2,1-2H3,(H,52,53)(H,54,55)/t31-,32-,35+,43?,46?,47?/m1/s1. The Morgan fingerprint density at radius 3 is 2.53 bits per heavy atom. The maximum absolute atomic E-state index is 13.0. The van der Waals surface area contributed by atoms with Crippen LogP contribution in [0.25, 0.3) is 0 Å². The Labute approximate surface area is 341 Å². The van der Waals surface area contributed by atoms with Crippen molar-refractivity contribution in [2.24, 2.45) is 11.8 Å². The minimum Gasteiger partial charge on any atom is -0.494 e. The number of aryl methyl sites for hydroxylation is 1. The van der Waals surface area contributed by atoms with E-state index in [2.05, 4.69) is 47.7 Å². The van der Waals surface area contributed by atoms with Crippen LogP contribution in [0.15, 0.2) is 85.1 Å². The molecule has 9 nitrogen and oxygen atoms in total. The fourth-order valence-corrected chi connectivity index (χ4v) is 10.0. The zero-order chi connectivity index (χ0) is 40.0. The van der Waals surface area contributed by atoms with Gasteiger partial charge in [0.05, 0.1) is 13.2 Å². The van der Waals surface area contributed by atoms with Crippen molar-refractivity contribution in [3.63, 3.8) is 0 Å². The Kier molecular flexibility index (Phi) is 12.7. The van der Waals surface area contributed by atoms with E-state index < -0.39 is 23.5 Å². The van der Waals surface area contributed by atoms with E-state index in [4.69, 9.17) is 21.1 Å². The molecule has 0 amide bonds. The van der Waals surface area contributed by atoms with Crippen molar-refractivity contribution in [3.05, 3.63) is 118 Å². The molecule has 3 aliphatic carbocycles. The molecule has 1 unspecified atom stereocenters. The number of hydrogen-bond donors (Lipinski definition) is 4. The van der Waals surface area contributed by atoms with Crippen molar-refractivity contribution >= 4 is 29.2 Å².